The number of methoxy groups -OCH3 is 1. The van der Waals surface area contributed by atoms with Gasteiger partial charge < -0.3 is 9.84 Å². The van der Waals surface area contributed by atoms with Gasteiger partial charge >= 0.3 is 5.97 Å². The molecule has 1 rings (SSSR count). The van der Waals surface area contributed by atoms with Crippen LogP contribution in [0.3, 0.4) is 0 Å². The predicted molar refractivity (Wildman–Crippen MR) is 53.9 cm³/mol. The molecule has 0 aliphatic rings. The second-order valence-corrected chi connectivity index (χ2v) is 2.70. The fourth-order valence-corrected chi connectivity index (χ4v) is 1.08. The summed E-state index contributed by atoms with van der Waals surface area (Å²) >= 11 is 0. The summed E-state index contributed by atoms with van der Waals surface area (Å²) in [4.78, 5) is 11.1. The zero-order valence-corrected chi connectivity index (χ0v) is 7.93. The van der Waals surface area contributed by atoms with Crippen LogP contribution in [-0.4, -0.2) is 24.8 Å². The molecule has 74 valence electrons. The summed E-state index contributed by atoms with van der Waals surface area (Å²) in [7, 11) is 1.35. The Balaban J connectivity index is 2.89. The molecule has 0 aromatic heterocycles. The highest BCUT2D eigenvalue weighted by Crippen LogP contribution is 2.07. The quantitative estimate of drug-likeness (QED) is 0.738. The lowest BCUT2D eigenvalue weighted by Crippen LogP contribution is -2.00. The molecule has 0 aliphatic carbocycles. The molecule has 0 fully saturated rings. The molecule has 0 amide bonds. The van der Waals surface area contributed by atoms with Gasteiger partial charge in [0.1, 0.15) is 0 Å². The third kappa shape index (κ3) is 2.71. The molecule has 0 spiro atoms. The summed E-state index contributed by atoms with van der Waals surface area (Å²) in [6, 6.07) is 7.00. The second kappa shape index (κ2) is 5.19. The first-order valence-corrected chi connectivity index (χ1v) is 4.23. The average molecular weight is 192 g/mol. The van der Waals surface area contributed by atoms with Gasteiger partial charge in [0, 0.05) is 0 Å². The van der Waals surface area contributed by atoms with Crippen molar-refractivity contribution in [3.05, 3.63) is 41.5 Å². The van der Waals surface area contributed by atoms with Crippen LogP contribution < -0.4 is 0 Å². The van der Waals surface area contributed by atoms with Crippen LogP contribution in [0.1, 0.15) is 15.9 Å². The fraction of sp³-hybridized carbons (Fsp3) is 0.182. The van der Waals surface area contributed by atoms with Crippen LogP contribution in [0, 0.1) is 0 Å². The van der Waals surface area contributed by atoms with Crippen LogP contribution in [-0.2, 0) is 4.74 Å². The van der Waals surface area contributed by atoms with Gasteiger partial charge in [-0.2, -0.15) is 0 Å². The topological polar surface area (TPSA) is 46.5 Å². The number of carbonyl (C=O) groups is 1. The fourth-order valence-electron chi connectivity index (χ4n) is 1.08. The van der Waals surface area contributed by atoms with Gasteiger partial charge in [-0.3, -0.25) is 0 Å². The largest absolute Gasteiger partial charge is 0.465 e. The van der Waals surface area contributed by atoms with Crippen LogP contribution >= 0.6 is 0 Å². The van der Waals surface area contributed by atoms with Crippen molar-refractivity contribution in [2.45, 2.75) is 0 Å². The Morgan fingerprint density at radius 1 is 1.57 bits per heavy atom. The molecular formula is C11H12O3. The Morgan fingerprint density at radius 3 is 3.00 bits per heavy atom. The van der Waals surface area contributed by atoms with E-state index in [1.807, 2.05) is 6.07 Å². The number of rotatable bonds is 3. The van der Waals surface area contributed by atoms with Gasteiger partial charge in [-0.15, -0.1) is 0 Å². The van der Waals surface area contributed by atoms with Crippen LogP contribution in [0.2, 0.25) is 0 Å². The molecule has 3 heteroatoms. The lowest BCUT2D eigenvalue weighted by atomic mass is 10.1. The van der Waals surface area contributed by atoms with Crippen LogP contribution in [0.15, 0.2) is 30.3 Å². The van der Waals surface area contributed by atoms with E-state index in [2.05, 4.69) is 4.74 Å². The second-order valence-electron chi connectivity index (χ2n) is 2.70. The van der Waals surface area contributed by atoms with Crippen LogP contribution in [0.5, 0.6) is 0 Å². The van der Waals surface area contributed by atoms with Gasteiger partial charge in [0.25, 0.3) is 0 Å². The lowest BCUT2D eigenvalue weighted by molar-refractivity contribution is 0.0600. The highest BCUT2D eigenvalue weighted by molar-refractivity contribution is 5.89. The van der Waals surface area contributed by atoms with Gasteiger partial charge in [-0.05, 0) is 17.7 Å². The number of esters is 1. The number of hydrogen-bond acceptors (Lipinski definition) is 3. The van der Waals surface area contributed by atoms with Gasteiger partial charge in [0.05, 0.1) is 19.3 Å². The van der Waals surface area contributed by atoms with Crippen molar-refractivity contribution in [1.29, 1.82) is 0 Å². The van der Waals surface area contributed by atoms with E-state index in [1.54, 1.807) is 30.4 Å². The van der Waals surface area contributed by atoms with Crippen molar-refractivity contribution in [1.82, 2.24) is 0 Å². The normalized spacial score (nSPS) is 10.4. The van der Waals surface area contributed by atoms with Crippen molar-refractivity contribution >= 4 is 12.0 Å². The maximum absolute atomic E-state index is 11.1. The molecule has 1 aromatic rings. The van der Waals surface area contributed by atoms with E-state index in [-0.39, 0.29) is 12.6 Å². The number of ether oxygens (including phenoxy) is 1. The molecule has 0 saturated heterocycles. The van der Waals surface area contributed by atoms with E-state index in [0.29, 0.717) is 5.56 Å². The van der Waals surface area contributed by atoms with Crippen molar-refractivity contribution in [3.8, 4) is 0 Å². The first kappa shape index (κ1) is 10.5. The summed E-state index contributed by atoms with van der Waals surface area (Å²) < 4.78 is 4.58. The summed E-state index contributed by atoms with van der Waals surface area (Å²) in [6.07, 6.45) is 3.35. The van der Waals surface area contributed by atoms with E-state index < -0.39 is 0 Å². The maximum atomic E-state index is 11.1. The third-order valence-corrected chi connectivity index (χ3v) is 1.72. The molecule has 1 N–H and O–H groups in total. The van der Waals surface area contributed by atoms with E-state index in [1.165, 1.54) is 7.11 Å². The number of aliphatic hydroxyl groups excluding tert-OH is 1. The van der Waals surface area contributed by atoms with E-state index in [4.69, 9.17) is 5.11 Å². The maximum Gasteiger partial charge on any atom is 0.337 e. The number of benzene rings is 1. The molecular weight excluding hydrogens is 180 g/mol. The van der Waals surface area contributed by atoms with Crippen LogP contribution in [0.4, 0.5) is 0 Å². The van der Waals surface area contributed by atoms with E-state index >= 15 is 0 Å². The van der Waals surface area contributed by atoms with E-state index in [0.717, 1.165) is 5.56 Å². The minimum absolute atomic E-state index is 0.0115. The highest BCUT2D eigenvalue weighted by Gasteiger charge is 2.03. The number of aliphatic hydroxyl groups is 1. The molecule has 1 aromatic carbocycles. The van der Waals surface area contributed by atoms with Crippen LogP contribution in [0.25, 0.3) is 6.08 Å². The zero-order valence-electron chi connectivity index (χ0n) is 7.93. The SMILES string of the molecule is COC(=O)c1cccc(/C=C/CO)c1. The lowest BCUT2D eigenvalue weighted by Gasteiger charge is -1.99. The summed E-state index contributed by atoms with van der Waals surface area (Å²) in [5.74, 6) is -0.357. The molecule has 0 atom stereocenters. The Hall–Kier alpha value is -1.61. The highest BCUT2D eigenvalue weighted by atomic mass is 16.5. The molecule has 0 saturated carbocycles. The molecule has 0 radical (unpaired) electrons. The number of carbonyl (C=O) groups excluding carboxylic acids is 1. The van der Waals surface area contributed by atoms with Crippen molar-refractivity contribution < 1.29 is 14.6 Å². The Morgan fingerprint density at radius 2 is 2.36 bits per heavy atom. The summed E-state index contributed by atoms with van der Waals surface area (Å²) in [6.45, 7) is -0.0115. The monoisotopic (exact) mass is 192 g/mol. The molecule has 0 unspecified atom stereocenters. The Kier molecular flexibility index (Phi) is 3.88. The number of hydrogen-bond donors (Lipinski definition) is 1. The zero-order chi connectivity index (χ0) is 10.4. The minimum atomic E-state index is -0.357. The third-order valence-electron chi connectivity index (χ3n) is 1.72. The van der Waals surface area contributed by atoms with Crippen molar-refractivity contribution in [2.75, 3.05) is 13.7 Å². The van der Waals surface area contributed by atoms with Gasteiger partial charge in [0.2, 0.25) is 0 Å². The van der Waals surface area contributed by atoms with Crippen molar-refractivity contribution in [2.24, 2.45) is 0 Å². The van der Waals surface area contributed by atoms with E-state index in [9.17, 15) is 4.79 Å². The minimum Gasteiger partial charge on any atom is -0.465 e. The molecule has 0 bridgehead atoms. The van der Waals surface area contributed by atoms with Gasteiger partial charge in [-0.1, -0.05) is 24.3 Å². The van der Waals surface area contributed by atoms with Crippen molar-refractivity contribution in [3.63, 3.8) is 0 Å². The first-order chi connectivity index (χ1) is 6.77. The van der Waals surface area contributed by atoms with Gasteiger partial charge in [-0.25, -0.2) is 4.79 Å². The van der Waals surface area contributed by atoms with Gasteiger partial charge in [0.15, 0.2) is 0 Å². The molecule has 14 heavy (non-hydrogen) atoms. The molecule has 0 heterocycles. The summed E-state index contributed by atoms with van der Waals surface area (Å²) in [5, 5.41) is 8.57. The first-order valence-electron chi connectivity index (χ1n) is 4.23. The smallest absolute Gasteiger partial charge is 0.337 e. The molecule has 0 aliphatic heterocycles. The average Bonchev–Trinajstić information content (AvgIpc) is 2.25. The Bertz CT molecular complexity index is 342. The molecule has 3 nitrogen and oxygen atoms in total. The Labute approximate surface area is 82.6 Å². The summed E-state index contributed by atoms with van der Waals surface area (Å²) in [5.41, 5.74) is 1.37. The standard InChI is InChI=1S/C11H12O3/c1-14-11(13)10-6-2-4-9(8-10)5-3-7-12/h2-6,8,12H,7H2,1H3/b5-3+. The predicted octanol–water partition coefficient (Wildman–Crippen LogP) is 1.48.